The maximum Gasteiger partial charge on any atom is 0.238 e. The molecule has 1 fully saturated rings. The Morgan fingerprint density at radius 3 is 2.95 bits per heavy atom. The van der Waals surface area contributed by atoms with E-state index in [1.807, 2.05) is 0 Å². The Labute approximate surface area is 125 Å². The number of carbonyl (C=O) groups is 1. The average Bonchev–Trinajstić information content (AvgIpc) is 2.37. The van der Waals surface area contributed by atoms with E-state index in [0.717, 1.165) is 25.3 Å². The number of likely N-dealkylation sites (tertiary alicyclic amines) is 1. The Morgan fingerprint density at radius 1 is 1.50 bits per heavy atom. The molecule has 0 radical (unpaired) electrons. The van der Waals surface area contributed by atoms with Crippen molar-refractivity contribution in [3.8, 4) is 0 Å². The smallest absolute Gasteiger partial charge is 0.238 e. The minimum Gasteiger partial charge on any atom is -0.399 e. The van der Waals surface area contributed by atoms with Gasteiger partial charge in [0, 0.05) is 11.7 Å². The van der Waals surface area contributed by atoms with Crippen molar-refractivity contribution in [3.05, 3.63) is 23.2 Å². The van der Waals surface area contributed by atoms with Crippen LogP contribution in [0.25, 0.3) is 0 Å². The Morgan fingerprint density at radius 2 is 2.25 bits per heavy atom. The fourth-order valence-corrected chi connectivity index (χ4v) is 2.87. The number of halogens is 1. The normalized spacial score (nSPS) is 23.6. The zero-order chi connectivity index (χ0) is 14.7. The van der Waals surface area contributed by atoms with Gasteiger partial charge >= 0.3 is 0 Å². The van der Waals surface area contributed by atoms with Crippen LogP contribution in [-0.4, -0.2) is 29.9 Å². The van der Waals surface area contributed by atoms with Gasteiger partial charge in [-0.1, -0.05) is 18.5 Å². The highest BCUT2D eigenvalue weighted by atomic mass is 35.5. The van der Waals surface area contributed by atoms with Crippen LogP contribution in [-0.2, 0) is 4.79 Å². The number of piperidine rings is 1. The van der Waals surface area contributed by atoms with Crippen LogP contribution in [0.2, 0.25) is 5.02 Å². The van der Waals surface area contributed by atoms with Gasteiger partial charge in [0.1, 0.15) is 0 Å². The first-order valence-corrected chi connectivity index (χ1v) is 7.42. The Kier molecular flexibility index (Phi) is 4.89. The predicted molar refractivity (Wildman–Crippen MR) is 83.9 cm³/mol. The van der Waals surface area contributed by atoms with Crippen molar-refractivity contribution < 1.29 is 4.79 Å². The van der Waals surface area contributed by atoms with E-state index < -0.39 is 0 Å². The van der Waals surface area contributed by atoms with Gasteiger partial charge in [-0.05, 0) is 50.4 Å². The quantitative estimate of drug-likeness (QED) is 0.843. The topological polar surface area (TPSA) is 58.4 Å². The lowest BCUT2D eigenvalue weighted by molar-refractivity contribution is -0.118. The van der Waals surface area contributed by atoms with E-state index in [0.29, 0.717) is 29.0 Å². The average molecular weight is 296 g/mol. The molecule has 0 bridgehead atoms. The van der Waals surface area contributed by atoms with Crippen molar-refractivity contribution in [2.75, 3.05) is 24.1 Å². The molecule has 2 unspecified atom stereocenters. The van der Waals surface area contributed by atoms with Crippen LogP contribution in [0.3, 0.4) is 0 Å². The Hall–Kier alpha value is -1.26. The number of anilines is 2. The first-order chi connectivity index (χ1) is 9.45. The van der Waals surface area contributed by atoms with E-state index in [4.69, 9.17) is 17.3 Å². The number of nitrogens with two attached hydrogens (primary N) is 1. The third-order valence-corrected chi connectivity index (χ3v) is 4.22. The molecule has 1 heterocycles. The number of carbonyl (C=O) groups excluding carboxylic acids is 1. The highest BCUT2D eigenvalue weighted by Crippen LogP contribution is 2.25. The van der Waals surface area contributed by atoms with Gasteiger partial charge in [0.25, 0.3) is 0 Å². The molecular weight excluding hydrogens is 274 g/mol. The summed E-state index contributed by atoms with van der Waals surface area (Å²) < 4.78 is 0. The van der Waals surface area contributed by atoms with Gasteiger partial charge in [0.15, 0.2) is 0 Å². The molecule has 0 aliphatic carbocycles. The van der Waals surface area contributed by atoms with Crippen molar-refractivity contribution in [1.29, 1.82) is 0 Å². The molecule has 1 aliphatic rings. The molecule has 20 heavy (non-hydrogen) atoms. The third-order valence-electron chi connectivity index (χ3n) is 3.89. The van der Waals surface area contributed by atoms with Crippen LogP contribution in [0.15, 0.2) is 18.2 Å². The first-order valence-electron chi connectivity index (χ1n) is 7.04. The molecule has 1 aliphatic heterocycles. The number of benzene rings is 1. The molecule has 1 saturated heterocycles. The number of amides is 1. The molecule has 2 rings (SSSR count). The highest BCUT2D eigenvalue weighted by molar-refractivity contribution is 6.33. The van der Waals surface area contributed by atoms with Gasteiger partial charge < -0.3 is 11.1 Å². The van der Waals surface area contributed by atoms with Gasteiger partial charge in [-0.3, -0.25) is 9.69 Å². The third kappa shape index (κ3) is 3.87. The molecule has 0 aromatic heterocycles. The van der Waals surface area contributed by atoms with Gasteiger partial charge in [0.2, 0.25) is 5.91 Å². The first kappa shape index (κ1) is 15.1. The number of rotatable bonds is 3. The SMILES string of the molecule is CC1CCN(CC(=O)Nc2cc(N)ccc2Cl)C(C)C1. The second-order valence-electron chi connectivity index (χ2n) is 5.74. The van der Waals surface area contributed by atoms with Gasteiger partial charge in [-0.25, -0.2) is 0 Å². The predicted octanol–water partition coefficient (Wildman–Crippen LogP) is 2.98. The second-order valence-corrected chi connectivity index (χ2v) is 6.14. The number of nitrogens with zero attached hydrogens (tertiary/aromatic N) is 1. The minimum atomic E-state index is -0.0427. The summed E-state index contributed by atoms with van der Waals surface area (Å²) in [6.45, 7) is 5.82. The number of nitrogen functional groups attached to an aromatic ring is 1. The molecule has 5 heteroatoms. The van der Waals surface area contributed by atoms with Crippen LogP contribution in [0.4, 0.5) is 11.4 Å². The summed E-state index contributed by atoms with van der Waals surface area (Å²) in [6.07, 6.45) is 2.29. The summed E-state index contributed by atoms with van der Waals surface area (Å²) in [5.41, 5.74) is 6.87. The van der Waals surface area contributed by atoms with Crippen LogP contribution in [0.1, 0.15) is 26.7 Å². The molecule has 4 nitrogen and oxygen atoms in total. The lowest BCUT2D eigenvalue weighted by atomic mass is 9.93. The van der Waals surface area contributed by atoms with Crippen LogP contribution >= 0.6 is 11.6 Å². The summed E-state index contributed by atoms with van der Waals surface area (Å²) in [7, 11) is 0. The Bertz CT molecular complexity index is 492. The largest absolute Gasteiger partial charge is 0.399 e. The highest BCUT2D eigenvalue weighted by Gasteiger charge is 2.24. The van der Waals surface area contributed by atoms with E-state index in [-0.39, 0.29) is 5.91 Å². The number of nitrogens with one attached hydrogen (secondary N) is 1. The minimum absolute atomic E-state index is 0.0427. The Balaban J connectivity index is 1.94. The van der Waals surface area contributed by atoms with Gasteiger partial charge in [-0.15, -0.1) is 0 Å². The zero-order valence-corrected chi connectivity index (χ0v) is 12.8. The zero-order valence-electron chi connectivity index (χ0n) is 12.0. The summed E-state index contributed by atoms with van der Waals surface area (Å²) in [4.78, 5) is 14.3. The molecule has 1 aromatic carbocycles. The molecule has 2 atom stereocenters. The van der Waals surface area contributed by atoms with Crippen molar-refractivity contribution in [2.24, 2.45) is 5.92 Å². The van der Waals surface area contributed by atoms with Crippen molar-refractivity contribution in [3.63, 3.8) is 0 Å². The fraction of sp³-hybridized carbons (Fsp3) is 0.533. The molecule has 3 N–H and O–H groups in total. The van der Waals surface area contributed by atoms with Crippen molar-refractivity contribution >= 4 is 28.9 Å². The van der Waals surface area contributed by atoms with Crippen molar-refractivity contribution in [1.82, 2.24) is 4.90 Å². The summed E-state index contributed by atoms with van der Waals surface area (Å²) >= 11 is 6.05. The lowest BCUT2D eigenvalue weighted by Crippen LogP contribution is -2.44. The molecule has 0 spiro atoms. The molecule has 1 amide bonds. The second kappa shape index (κ2) is 6.46. The van der Waals surface area contributed by atoms with Gasteiger partial charge in [-0.2, -0.15) is 0 Å². The van der Waals surface area contributed by atoms with Crippen molar-refractivity contribution in [2.45, 2.75) is 32.7 Å². The van der Waals surface area contributed by atoms with E-state index in [2.05, 4.69) is 24.1 Å². The van der Waals surface area contributed by atoms with E-state index in [9.17, 15) is 4.79 Å². The van der Waals surface area contributed by atoms with Crippen LogP contribution in [0, 0.1) is 5.92 Å². The van der Waals surface area contributed by atoms with Crippen LogP contribution < -0.4 is 11.1 Å². The van der Waals surface area contributed by atoms with E-state index in [1.165, 1.54) is 0 Å². The fourth-order valence-electron chi connectivity index (χ4n) is 2.70. The number of hydrogen-bond donors (Lipinski definition) is 2. The molecule has 0 saturated carbocycles. The maximum atomic E-state index is 12.1. The summed E-state index contributed by atoms with van der Waals surface area (Å²) in [6, 6.07) is 5.53. The lowest BCUT2D eigenvalue weighted by Gasteiger charge is -2.35. The van der Waals surface area contributed by atoms with E-state index >= 15 is 0 Å². The number of hydrogen-bond acceptors (Lipinski definition) is 3. The standard InChI is InChI=1S/C15H22ClN3O/c1-10-5-6-19(11(2)7-10)9-15(20)18-14-8-12(17)3-4-13(14)16/h3-4,8,10-11H,5-7,9,17H2,1-2H3,(H,18,20). The summed E-state index contributed by atoms with van der Waals surface area (Å²) in [5, 5.41) is 3.34. The monoisotopic (exact) mass is 295 g/mol. The van der Waals surface area contributed by atoms with E-state index in [1.54, 1.807) is 18.2 Å². The van der Waals surface area contributed by atoms with Crippen LogP contribution in [0.5, 0.6) is 0 Å². The summed E-state index contributed by atoms with van der Waals surface area (Å²) in [5.74, 6) is 0.701. The van der Waals surface area contributed by atoms with Gasteiger partial charge in [0.05, 0.1) is 17.3 Å². The molecule has 1 aromatic rings. The maximum absolute atomic E-state index is 12.1. The molecule has 110 valence electrons. The molecular formula is C15H22ClN3O.